The average Bonchev–Trinajstić information content (AvgIpc) is 3.04. The van der Waals surface area contributed by atoms with E-state index in [0.717, 1.165) is 12.1 Å². The maximum Gasteiger partial charge on any atom is 0.250 e. The first-order valence-electron chi connectivity index (χ1n) is 8.58. The molecule has 1 atom stereocenters. The van der Waals surface area contributed by atoms with E-state index in [1.165, 1.54) is 5.56 Å². The second kappa shape index (κ2) is 7.39. The number of primary amides is 1. The van der Waals surface area contributed by atoms with Gasteiger partial charge in [-0.2, -0.15) is 0 Å². The summed E-state index contributed by atoms with van der Waals surface area (Å²) in [6, 6.07) is 14.3. The number of para-hydroxylation sites is 1. The van der Waals surface area contributed by atoms with E-state index in [0.29, 0.717) is 12.2 Å². The summed E-state index contributed by atoms with van der Waals surface area (Å²) in [6.45, 7) is 2.38. The molecule has 6 nitrogen and oxygen atoms in total. The number of carbonyl (C=O) groups is 3. The highest BCUT2D eigenvalue weighted by atomic mass is 16.2. The van der Waals surface area contributed by atoms with Crippen LogP contribution in [0.1, 0.15) is 29.3 Å². The Morgan fingerprint density at radius 1 is 1.15 bits per heavy atom. The van der Waals surface area contributed by atoms with Crippen LogP contribution >= 0.6 is 0 Å². The molecule has 0 radical (unpaired) electrons. The summed E-state index contributed by atoms with van der Waals surface area (Å²) in [5, 5.41) is 2.73. The maximum absolute atomic E-state index is 12.6. The number of nitrogens with two attached hydrogens (primary N) is 1. The summed E-state index contributed by atoms with van der Waals surface area (Å²) >= 11 is 0. The zero-order valence-electron chi connectivity index (χ0n) is 14.6. The van der Waals surface area contributed by atoms with Crippen LogP contribution in [0, 0.1) is 5.92 Å². The van der Waals surface area contributed by atoms with E-state index < -0.39 is 11.8 Å². The summed E-state index contributed by atoms with van der Waals surface area (Å²) in [6.07, 6.45) is 1.07. The zero-order valence-corrected chi connectivity index (χ0v) is 14.6. The van der Waals surface area contributed by atoms with Crippen molar-refractivity contribution in [3.05, 3.63) is 59.7 Å². The van der Waals surface area contributed by atoms with Crippen molar-refractivity contribution in [2.24, 2.45) is 11.7 Å². The number of amides is 3. The summed E-state index contributed by atoms with van der Waals surface area (Å²) in [4.78, 5) is 38.0. The highest BCUT2D eigenvalue weighted by Crippen LogP contribution is 2.27. The molecular weight excluding hydrogens is 330 g/mol. The van der Waals surface area contributed by atoms with E-state index in [9.17, 15) is 14.4 Å². The molecule has 3 rings (SSSR count). The lowest BCUT2D eigenvalue weighted by atomic mass is 10.1. The molecule has 1 aliphatic rings. The molecule has 0 aromatic heterocycles. The van der Waals surface area contributed by atoms with Gasteiger partial charge in [0.05, 0.1) is 17.2 Å². The molecule has 3 amide bonds. The van der Waals surface area contributed by atoms with Crippen molar-refractivity contribution >= 4 is 29.1 Å². The first kappa shape index (κ1) is 17.7. The highest BCUT2D eigenvalue weighted by Gasteiger charge is 2.35. The Morgan fingerprint density at radius 3 is 2.50 bits per heavy atom. The SMILES string of the molecule is CCc1ccc(N2C[C@@H](C(=O)Nc3ccccc3C(N)=O)CC2=O)cc1. The van der Waals surface area contributed by atoms with Crippen LogP contribution in [0.4, 0.5) is 11.4 Å². The molecule has 6 heteroatoms. The van der Waals surface area contributed by atoms with Crippen LogP contribution in [0.15, 0.2) is 48.5 Å². The summed E-state index contributed by atoms with van der Waals surface area (Å²) in [7, 11) is 0. The number of anilines is 2. The molecule has 1 fully saturated rings. The summed E-state index contributed by atoms with van der Waals surface area (Å²) in [5.41, 5.74) is 7.93. The Labute approximate surface area is 152 Å². The van der Waals surface area contributed by atoms with Crippen molar-refractivity contribution in [1.82, 2.24) is 0 Å². The first-order valence-corrected chi connectivity index (χ1v) is 8.58. The van der Waals surface area contributed by atoms with Gasteiger partial charge in [0.2, 0.25) is 11.8 Å². The van der Waals surface area contributed by atoms with E-state index in [2.05, 4.69) is 12.2 Å². The minimum absolute atomic E-state index is 0.0856. The molecule has 26 heavy (non-hydrogen) atoms. The Balaban J connectivity index is 1.72. The van der Waals surface area contributed by atoms with Gasteiger partial charge >= 0.3 is 0 Å². The number of rotatable bonds is 5. The van der Waals surface area contributed by atoms with Crippen LogP contribution in [-0.4, -0.2) is 24.3 Å². The molecule has 2 aromatic carbocycles. The fraction of sp³-hybridized carbons (Fsp3) is 0.250. The summed E-state index contributed by atoms with van der Waals surface area (Å²) in [5.74, 6) is -1.47. The van der Waals surface area contributed by atoms with Crippen molar-refractivity contribution in [3.8, 4) is 0 Å². The van der Waals surface area contributed by atoms with Crippen LogP contribution in [0.3, 0.4) is 0 Å². The number of benzene rings is 2. The predicted octanol–water partition coefficient (Wildman–Crippen LogP) is 2.34. The number of hydrogen-bond donors (Lipinski definition) is 2. The van der Waals surface area contributed by atoms with Gasteiger partial charge in [0.1, 0.15) is 0 Å². The second-order valence-electron chi connectivity index (χ2n) is 6.32. The van der Waals surface area contributed by atoms with Crippen molar-refractivity contribution < 1.29 is 14.4 Å². The Morgan fingerprint density at radius 2 is 1.85 bits per heavy atom. The van der Waals surface area contributed by atoms with Crippen molar-refractivity contribution in [2.45, 2.75) is 19.8 Å². The largest absolute Gasteiger partial charge is 0.366 e. The topological polar surface area (TPSA) is 92.5 Å². The lowest BCUT2D eigenvalue weighted by Gasteiger charge is -2.17. The van der Waals surface area contributed by atoms with Gasteiger partial charge in [-0.15, -0.1) is 0 Å². The van der Waals surface area contributed by atoms with E-state index in [4.69, 9.17) is 5.73 Å². The molecule has 0 bridgehead atoms. The van der Waals surface area contributed by atoms with Crippen molar-refractivity contribution in [2.75, 3.05) is 16.8 Å². The number of nitrogens with one attached hydrogen (secondary N) is 1. The van der Waals surface area contributed by atoms with Gasteiger partial charge in [0.25, 0.3) is 5.91 Å². The maximum atomic E-state index is 12.6. The van der Waals surface area contributed by atoms with Crippen LogP contribution < -0.4 is 16.0 Å². The Hall–Kier alpha value is -3.15. The Kier molecular flexibility index (Phi) is 5.02. The lowest BCUT2D eigenvalue weighted by molar-refractivity contribution is -0.122. The van der Waals surface area contributed by atoms with Gasteiger partial charge in [0.15, 0.2) is 0 Å². The summed E-state index contributed by atoms with van der Waals surface area (Å²) < 4.78 is 0. The normalized spacial score (nSPS) is 16.6. The molecule has 134 valence electrons. The third kappa shape index (κ3) is 3.59. The zero-order chi connectivity index (χ0) is 18.7. The fourth-order valence-corrected chi connectivity index (χ4v) is 3.09. The molecule has 1 heterocycles. The molecule has 3 N–H and O–H groups in total. The standard InChI is InChI=1S/C20H21N3O3/c1-2-13-7-9-15(10-8-13)23-12-14(11-18(23)24)20(26)22-17-6-4-3-5-16(17)19(21)25/h3-10,14H,2,11-12H2,1H3,(H2,21,25)(H,22,26)/t14-/m0/s1. The number of aryl methyl sites for hydroxylation is 1. The van der Waals surface area contributed by atoms with Crippen molar-refractivity contribution in [1.29, 1.82) is 0 Å². The lowest BCUT2D eigenvalue weighted by Crippen LogP contribution is -2.28. The number of carbonyl (C=O) groups excluding carboxylic acids is 3. The Bertz CT molecular complexity index is 846. The fourth-order valence-electron chi connectivity index (χ4n) is 3.09. The number of hydrogen-bond acceptors (Lipinski definition) is 3. The monoisotopic (exact) mass is 351 g/mol. The van der Waals surface area contributed by atoms with E-state index in [1.54, 1.807) is 29.2 Å². The minimum atomic E-state index is -0.610. The first-order chi connectivity index (χ1) is 12.5. The molecule has 0 saturated carbocycles. The average molecular weight is 351 g/mol. The van der Waals surface area contributed by atoms with Crippen LogP contribution in [-0.2, 0) is 16.0 Å². The quantitative estimate of drug-likeness (QED) is 0.866. The highest BCUT2D eigenvalue weighted by molar-refractivity contribution is 6.06. The van der Waals surface area contributed by atoms with Crippen molar-refractivity contribution in [3.63, 3.8) is 0 Å². The van der Waals surface area contributed by atoms with Gasteiger partial charge in [-0.05, 0) is 36.2 Å². The smallest absolute Gasteiger partial charge is 0.250 e. The van der Waals surface area contributed by atoms with Gasteiger partial charge in [0, 0.05) is 18.7 Å². The molecule has 0 spiro atoms. The van der Waals surface area contributed by atoms with Gasteiger partial charge < -0.3 is 16.0 Å². The molecule has 2 aromatic rings. The molecular formula is C20H21N3O3. The third-order valence-corrected chi connectivity index (χ3v) is 4.60. The van der Waals surface area contributed by atoms with Crippen LogP contribution in [0.25, 0.3) is 0 Å². The molecule has 1 saturated heterocycles. The molecule has 0 aliphatic carbocycles. The second-order valence-corrected chi connectivity index (χ2v) is 6.32. The molecule has 0 unspecified atom stereocenters. The van der Waals surface area contributed by atoms with E-state index >= 15 is 0 Å². The van der Waals surface area contributed by atoms with E-state index in [1.807, 2.05) is 24.3 Å². The minimum Gasteiger partial charge on any atom is -0.366 e. The molecule has 1 aliphatic heterocycles. The third-order valence-electron chi connectivity index (χ3n) is 4.60. The van der Waals surface area contributed by atoms with Crippen LogP contribution in [0.5, 0.6) is 0 Å². The number of nitrogens with zero attached hydrogens (tertiary/aromatic N) is 1. The van der Waals surface area contributed by atoms with Gasteiger partial charge in [-0.25, -0.2) is 0 Å². The van der Waals surface area contributed by atoms with Gasteiger partial charge in [-0.1, -0.05) is 31.2 Å². The predicted molar refractivity (Wildman–Crippen MR) is 99.9 cm³/mol. The van der Waals surface area contributed by atoms with Crippen LogP contribution in [0.2, 0.25) is 0 Å². The van der Waals surface area contributed by atoms with Gasteiger partial charge in [-0.3, -0.25) is 14.4 Å². The van der Waals surface area contributed by atoms with E-state index in [-0.39, 0.29) is 23.8 Å².